The molecule has 0 aliphatic carbocycles. The Labute approximate surface area is 137 Å². The van der Waals surface area contributed by atoms with Crippen LogP contribution in [0.15, 0.2) is 53.0 Å². The predicted octanol–water partition coefficient (Wildman–Crippen LogP) is 3.54. The fraction of sp³-hybridized carbons (Fsp3) is 0.118. The summed E-state index contributed by atoms with van der Waals surface area (Å²) in [6.45, 7) is 0.437. The highest BCUT2D eigenvalue weighted by Gasteiger charge is 2.05. The lowest BCUT2D eigenvalue weighted by atomic mass is 10.2. The molecule has 4 nitrogen and oxygen atoms in total. The van der Waals surface area contributed by atoms with E-state index >= 15 is 0 Å². The van der Waals surface area contributed by atoms with E-state index in [0.29, 0.717) is 18.1 Å². The van der Waals surface area contributed by atoms with Gasteiger partial charge in [-0.1, -0.05) is 34.1 Å². The van der Waals surface area contributed by atoms with Crippen LogP contribution < -0.4 is 15.2 Å². The zero-order valence-corrected chi connectivity index (χ0v) is 13.7. The van der Waals surface area contributed by atoms with Gasteiger partial charge in [-0.3, -0.25) is 4.79 Å². The Hall–Kier alpha value is -2.27. The van der Waals surface area contributed by atoms with Crippen LogP contribution in [0.5, 0.6) is 11.5 Å². The molecule has 5 heteroatoms. The highest BCUT2D eigenvalue weighted by molar-refractivity contribution is 9.10. The van der Waals surface area contributed by atoms with Gasteiger partial charge in [0.1, 0.15) is 6.61 Å². The smallest absolute Gasteiger partial charge is 0.241 e. The van der Waals surface area contributed by atoms with E-state index in [-0.39, 0.29) is 0 Å². The Morgan fingerprint density at radius 2 is 2.05 bits per heavy atom. The molecule has 0 bridgehead atoms. The molecule has 22 heavy (non-hydrogen) atoms. The number of hydrogen-bond acceptors (Lipinski definition) is 3. The number of carbonyl (C=O) groups excluding carboxylic acids is 1. The Morgan fingerprint density at radius 3 is 2.73 bits per heavy atom. The lowest BCUT2D eigenvalue weighted by Crippen LogP contribution is -2.05. The van der Waals surface area contributed by atoms with Gasteiger partial charge in [0, 0.05) is 10.5 Å². The molecule has 2 aromatic carbocycles. The fourth-order valence-electron chi connectivity index (χ4n) is 1.87. The quantitative estimate of drug-likeness (QED) is 0.800. The molecule has 0 aromatic heterocycles. The minimum Gasteiger partial charge on any atom is -0.493 e. The number of carbonyl (C=O) groups is 1. The molecule has 0 heterocycles. The van der Waals surface area contributed by atoms with Crippen molar-refractivity contribution in [2.24, 2.45) is 5.73 Å². The number of ether oxygens (including phenoxy) is 2. The highest BCUT2D eigenvalue weighted by atomic mass is 79.9. The van der Waals surface area contributed by atoms with Gasteiger partial charge in [-0.2, -0.15) is 0 Å². The first kappa shape index (κ1) is 16.1. The molecule has 0 spiro atoms. The number of hydrogen-bond donors (Lipinski definition) is 1. The molecule has 2 rings (SSSR count). The van der Waals surface area contributed by atoms with Gasteiger partial charge in [0.25, 0.3) is 0 Å². The van der Waals surface area contributed by atoms with Crippen LogP contribution in [0.4, 0.5) is 0 Å². The second-order valence-electron chi connectivity index (χ2n) is 4.56. The van der Waals surface area contributed by atoms with Crippen molar-refractivity contribution in [1.82, 2.24) is 0 Å². The summed E-state index contributed by atoms with van der Waals surface area (Å²) in [4.78, 5) is 10.8. The van der Waals surface area contributed by atoms with Gasteiger partial charge >= 0.3 is 0 Å². The summed E-state index contributed by atoms with van der Waals surface area (Å²) in [6, 6.07) is 13.3. The fourth-order valence-corrected chi connectivity index (χ4v) is 2.32. The third kappa shape index (κ3) is 4.63. The average molecular weight is 362 g/mol. The topological polar surface area (TPSA) is 61.5 Å². The predicted molar refractivity (Wildman–Crippen MR) is 89.7 cm³/mol. The van der Waals surface area contributed by atoms with Gasteiger partial charge < -0.3 is 15.2 Å². The van der Waals surface area contributed by atoms with Crippen LogP contribution >= 0.6 is 15.9 Å². The van der Waals surface area contributed by atoms with Gasteiger partial charge in [-0.05, 0) is 41.5 Å². The molecule has 114 valence electrons. The molecule has 0 saturated carbocycles. The Bertz CT molecular complexity index is 698. The van der Waals surface area contributed by atoms with Crippen molar-refractivity contribution in [3.05, 3.63) is 64.1 Å². The maximum absolute atomic E-state index is 10.8. The van der Waals surface area contributed by atoms with E-state index in [2.05, 4.69) is 15.9 Å². The zero-order valence-electron chi connectivity index (χ0n) is 12.1. The number of halogens is 1. The molecule has 2 N–H and O–H groups in total. The second-order valence-corrected chi connectivity index (χ2v) is 5.48. The molecular formula is C17H16BrNO3. The summed E-state index contributed by atoms with van der Waals surface area (Å²) in [5.74, 6) is 0.745. The van der Waals surface area contributed by atoms with Crippen LogP contribution in [0.25, 0.3) is 6.08 Å². The summed E-state index contributed by atoms with van der Waals surface area (Å²) in [5, 5.41) is 0. The molecule has 2 aromatic rings. The summed E-state index contributed by atoms with van der Waals surface area (Å²) in [6.07, 6.45) is 2.93. The maximum atomic E-state index is 10.8. The number of benzene rings is 2. The molecular weight excluding hydrogens is 346 g/mol. The summed E-state index contributed by atoms with van der Waals surface area (Å²) in [7, 11) is 1.57. The van der Waals surface area contributed by atoms with Gasteiger partial charge in [0.15, 0.2) is 11.5 Å². The second kappa shape index (κ2) is 7.66. The first-order valence-electron chi connectivity index (χ1n) is 6.61. The Morgan fingerprint density at radius 1 is 1.23 bits per heavy atom. The molecule has 0 saturated heterocycles. The Kier molecular flexibility index (Phi) is 5.61. The molecule has 0 radical (unpaired) electrons. The average Bonchev–Trinajstić information content (AvgIpc) is 2.51. The van der Waals surface area contributed by atoms with Crippen LogP contribution in [0.2, 0.25) is 0 Å². The molecule has 0 unspecified atom stereocenters. The summed E-state index contributed by atoms with van der Waals surface area (Å²) >= 11 is 3.43. The number of primary amides is 1. The van der Waals surface area contributed by atoms with E-state index in [1.807, 2.05) is 30.3 Å². The van der Waals surface area contributed by atoms with Gasteiger partial charge in [-0.25, -0.2) is 0 Å². The number of amides is 1. The number of nitrogens with two attached hydrogens (primary N) is 1. The van der Waals surface area contributed by atoms with E-state index in [1.165, 1.54) is 6.08 Å². The first-order valence-corrected chi connectivity index (χ1v) is 7.40. The van der Waals surface area contributed by atoms with E-state index < -0.39 is 5.91 Å². The highest BCUT2D eigenvalue weighted by Crippen LogP contribution is 2.29. The van der Waals surface area contributed by atoms with Crippen LogP contribution in [0.1, 0.15) is 11.1 Å². The first-order chi connectivity index (χ1) is 10.6. The summed E-state index contributed by atoms with van der Waals surface area (Å²) in [5.41, 5.74) is 6.94. The third-order valence-electron chi connectivity index (χ3n) is 2.91. The van der Waals surface area contributed by atoms with Crippen molar-refractivity contribution in [2.75, 3.05) is 7.11 Å². The zero-order chi connectivity index (χ0) is 15.9. The molecule has 0 atom stereocenters. The van der Waals surface area contributed by atoms with Crippen molar-refractivity contribution < 1.29 is 14.3 Å². The van der Waals surface area contributed by atoms with E-state index in [4.69, 9.17) is 15.2 Å². The lowest BCUT2D eigenvalue weighted by Gasteiger charge is -2.11. The Balaban J connectivity index is 2.12. The SMILES string of the molecule is COc1cc(/C=C/C(N)=O)ccc1OCc1cccc(Br)c1. The summed E-state index contributed by atoms with van der Waals surface area (Å²) < 4.78 is 12.1. The van der Waals surface area contributed by atoms with E-state index in [1.54, 1.807) is 25.3 Å². The van der Waals surface area contributed by atoms with Crippen molar-refractivity contribution in [1.29, 1.82) is 0 Å². The van der Waals surface area contributed by atoms with Gasteiger partial charge in [0.2, 0.25) is 5.91 Å². The molecule has 0 fully saturated rings. The van der Waals surface area contributed by atoms with Crippen molar-refractivity contribution in [3.63, 3.8) is 0 Å². The normalized spacial score (nSPS) is 10.6. The maximum Gasteiger partial charge on any atom is 0.241 e. The molecule has 1 amide bonds. The van der Waals surface area contributed by atoms with Crippen LogP contribution in [-0.2, 0) is 11.4 Å². The van der Waals surface area contributed by atoms with E-state index in [9.17, 15) is 4.79 Å². The number of methoxy groups -OCH3 is 1. The molecule has 0 aliphatic rings. The minimum atomic E-state index is -0.492. The van der Waals surface area contributed by atoms with Crippen LogP contribution in [0.3, 0.4) is 0 Å². The third-order valence-corrected chi connectivity index (χ3v) is 3.40. The minimum absolute atomic E-state index is 0.437. The van der Waals surface area contributed by atoms with Crippen LogP contribution in [0, 0.1) is 0 Å². The van der Waals surface area contributed by atoms with E-state index in [0.717, 1.165) is 15.6 Å². The van der Waals surface area contributed by atoms with Crippen molar-refractivity contribution >= 4 is 27.9 Å². The van der Waals surface area contributed by atoms with Gasteiger partial charge in [0.05, 0.1) is 7.11 Å². The van der Waals surface area contributed by atoms with Crippen molar-refractivity contribution in [2.45, 2.75) is 6.61 Å². The lowest BCUT2D eigenvalue weighted by molar-refractivity contribution is -0.113. The number of rotatable bonds is 6. The van der Waals surface area contributed by atoms with Crippen LogP contribution in [-0.4, -0.2) is 13.0 Å². The molecule has 0 aliphatic heterocycles. The van der Waals surface area contributed by atoms with Crippen molar-refractivity contribution in [3.8, 4) is 11.5 Å². The standard InChI is InChI=1S/C17H16BrNO3/c1-21-16-10-12(6-8-17(19)20)5-7-15(16)22-11-13-3-2-4-14(18)9-13/h2-10H,11H2,1H3,(H2,19,20)/b8-6+. The monoisotopic (exact) mass is 361 g/mol. The van der Waals surface area contributed by atoms with Gasteiger partial charge in [-0.15, -0.1) is 0 Å². The largest absolute Gasteiger partial charge is 0.493 e.